The average molecular weight is 289 g/mol. The lowest BCUT2D eigenvalue weighted by molar-refractivity contribution is -0.112. The summed E-state index contributed by atoms with van der Waals surface area (Å²) in [5, 5.41) is 0.676. The maximum atomic E-state index is 11.7. The van der Waals surface area contributed by atoms with Crippen molar-refractivity contribution in [1.82, 2.24) is 0 Å². The fourth-order valence-electron chi connectivity index (χ4n) is 2.35. The van der Waals surface area contributed by atoms with E-state index in [1.165, 1.54) is 0 Å². The maximum Gasteiger partial charge on any atom is 0.130 e. The lowest BCUT2D eigenvalue weighted by Gasteiger charge is -2.26. The summed E-state index contributed by atoms with van der Waals surface area (Å²) in [6.45, 7) is 1.90. The number of methoxy groups -OCH3 is 1. The molecule has 0 bridgehead atoms. The molecular weight excluding hydrogens is 272 g/mol. The van der Waals surface area contributed by atoms with Gasteiger partial charge in [-0.1, -0.05) is 48.0 Å². The van der Waals surface area contributed by atoms with Crippen molar-refractivity contribution in [3.63, 3.8) is 0 Å². The van der Waals surface area contributed by atoms with Crippen LogP contribution in [0.1, 0.15) is 18.1 Å². The highest BCUT2D eigenvalue weighted by Gasteiger charge is 2.30. The normalized spacial score (nSPS) is 13.6. The van der Waals surface area contributed by atoms with Gasteiger partial charge in [-0.3, -0.25) is 0 Å². The largest absolute Gasteiger partial charge is 0.496 e. The van der Waals surface area contributed by atoms with Gasteiger partial charge in [0.2, 0.25) is 0 Å². The minimum Gasteiger partial charge on any atom is -0.496 e. The molecule has 1 atom stereocenters. The zero-order valence-electron chi connectivity index (χ0n) is 11.6. The third-order valence-corrected chi connectivity index (χ3v) is 3.87. The molecule has 20 heavy (non-hydrogen) atoms. The topological polar surface area (TPSA) is 26.3 Å². The van der Waals surface area contributed by atoms with E-state index in [1.54, 1.807) is 7.11 Å². The number of ether oxygens (including phenoxy) is 1. The Labute approximate surface area is 124 Å². The van der Waals surface area contributed by atoms with Gasteiger partial charge in [0.05, 0.1) is 12.5 Å². The molecule has 3 heteroatoms. The van der Waals surface area contributed by atoms with E-state index in [-0.39, 0.29) is 0 Å². The minimum atomic E-state index is -0.669. The first-order valence-corrected chi connectivity index (χ1v) is 6.82. The molecule has 0 aliphatic carbocycles. The van der Waals surface area contributed by atoms with Crippen LogP contribution in [0.15, 0.2) is 48.5 Å². The summed E-state index contributed by atoms with van der Waals surface area (Å²) < 4.78 is 5.37. The Hall–Kier alpha value is -1.80. The zero-order chi connectivity index (χ0) is 14.6. The van der Waals surface area contributed by atoms with Crippen LogP contribution in [0.5, 0.6) is 5.75 Å². The third-order valence-electron chi connectivity index (χ3n) is 3.50. The zero-order valence-corrected chi connectivity index (χ0v) is 12.4. The summed E-state index contributed by atoms with van der Waals surface area (Å²) in [4.78, 5) is 11.7. The standard InChI is InChI=1S/C17H17ClO2/c1-17(12-19,11-13-7-3-5-9-15(13)18)14-8-4-6-10-16(14)20-2/h3-10,12H,11H2,1-2H3. The number of hydrogen-bond acceptors (Lipinski definition) is 2. The van der Waals surface area contributed by atoms with E-state index in [9.17, 15) is 4.79 Å². The van der Waals surface area contributed by atoms with Crippen molar-refractivity contribution >= 4 is 17.9 Å². The summed E-state index contributed by atoms with van der Waals surface area (Å²) in [5.41, 5.74) is 1.16. The lowest BCUT2D eigenvalue weighted by atomic mass is 9.78. The Morgan fingerprint density at radius 3 is 2.45 bits per heavy atom. The number of carbonyl (C=O) groups excluding carboxylic acids is 1. The van der Waals surface area contributed by atoms with Crippen LogP contribution in [0.25, 0.3) is 0 Å². The molecule has 2 aromatic carbocycles. The molecule has 0 saturated carbocycles. The lowest BCUT2D eigenvalue weighted by Crippen LogP contribution is -2.27. The highest BCUT2D eigenvalue weighted by Crippen LogP contribution is 2.34. The Morgan fingerprint density at radius 1 is 1.15 bits per heavy atom. The van der Waals surface area contributed by atoms with Gasteiger partial charge in [0.15, 0.2) is 0 Å². The second-order valence-corrected chi connectivity index (χ2v) is 5.41. The molecule has 0 aliphatic rings. The first kappa shape index (κ1) is 14.6. The number of rotatable bonds is 5. The maximum absolute atomic E-state index is 11.7. The number of para-hydroxylation sites is 1. The van der Waals surface area contributed by atoms with E-state index in [0.29, 0.717) is 17.2 Å². The fourth-order valence-corrected chi connectivity index (χ4v) is 2.56. The van der Waals surface area contributed by atoms with E-state index in [4.69, 9.17) is 16.3 Å². The van der Waals surface area contributed by atoms with Crippen LogP contribution in [-0.4, -0.2) is 13.4 Å². The molecule has 0 radical (unpaired) electrons. The van der Waals surface area contributed by atoms with E-state index >= 15 is 0 Å². The van der Waals surface area contributed by atoms with Crippen LogP contribution in [0, 0.1) is 0 Å². The monoisotopic (exact) mass is 288 g/mol. The van der Waals surface area contributed by atoms with Gasteiger partial charge in [0.25, 0.3) is 0 Å². The van der Waals surface area contributed by atoms with Gasteiger partial charge in [0.1, 0.15) is 12.0 Å². The van der Waals surface area contributed by atoms with Crippen LogP contribution < -0.4 is 4.74 Å². The molecule has 0 N–H and O–H groups in total. The van der Waals surface area contributed by atoms with Gasteiger partial charge in [-0.2, -0.15) is 0 Å². The predicted octanol–water partition coefficient (Wildman–Crippen LogP) is 4.05. The summed E-state index contributed by atoms with van der Waals surface area (Å²) in [6.07, 6.45) is 1.50. The summed E-state index contributed by atoms with van der Waals surface area (Å²) in [5.74, 6) is 0.717. The Balaban J connectivity index is 2.44. The summed E-state index contributed by atoms with van der Waals surface area (Å²) >= 11 is 6.20. The highest BCUT2D eigenvalue weighted by molar-refractivity contribution is 6.31. The van der Waals surface area contributed by atoms with Crippen LogP contribution in [0.2, 0.25) is 5.02 Å². The molecule has 0 saturated heterocycles. The van der Waals surface area contributed by atoms with E-state index in [2.05, 4.69) is 0 Å². The van der Waals surface area contributed by atoms with Crippen molar-refractivity contribution in [2.45, 2.75) is 18.8 Å². The van der Waals surface area contributed by atoms with Crippen molar-refractivity contribution in [3.05, 3.63) is 64.7 Å². The summed E-state index contributed by atoms with van der Waals surface area (Å²) in [7, 11) is 1.61. The van der Waals surface area contributed by atoms with Gasteiger partial charge in [0, 0.05) is 10.6 Å². The number of benzene rings is 2. The van der Waals surface area contributed by atoms with Gasteiger partial charge >= 0.3 is 0 Å². The number of carbonyl (C=O) groups is 1. The van der Waals surface area contributed by atoms with Gasteiger partial charge in [-0.05, 0) is 31.0 Å². The minimum absolute atomic E-state index is 0.538. The van der Waals surface area contributed by atoms with Crippen molar-refractivity contribution in [2.75, 3.05) is 7.11 Å². The molecule has 0 spiro atoms. The molecular formula is C17H17ClO2. The van der Waals surface area contributed by atoms with Gasteiger partial charge in [-0.25, -0.2) is 0 Å². The summed E-state index contributed by atoms with van der Waals surface area (Å²) in [6, 6.07) is 15.2. The quantitative estimate of drug-likeness (QED) is 0.776. The van der Waals surface area contributed by atoms with Crippen LogP contribution in [0.3, 0.4) is 0 Å². The fraction of sp³-hybridized carbons (Fsp3) is 0.235. The molecule has 0 aromatic heterocycles. The molecule has 1 unspecified atom stereocenters. The Kier molecular flexibility index (Phi) is 4.46. The van der Waals surface area contributed by atoms with Crippen LogP contribution in [0.4, 0.5) is 0 Å². The molecule has 0 aliphatic heterocycles. The number of hydrogen-bond donors (Lipinski definition) is 0. The molecule has 2 nitrogen and oxygen atoms in total. The van der Waals surface area contributed by atoms with Gasteiger partial charge in [-0.15, -0.1) is 0 Å². The number of aldehydes is 1. The third kappa shape index (κ3) is 2.86. The van der Waals surface area contributed by atoms with Gasteiger partial charge < -0.3 is 9.53 Å². The second kappa shape index (κ2) is 6.10. The molecule has 2 rings (SSSR count). The van der Waals surface area contributed by atoms with Crippen LogP contribution >= 0.6 is 11.6 Å². The number of halogens is 1. The van der Waals surface area contributed by atoms with Crippen molar-refractivity contribution in [1.29, 1.82) is 0 Å². The van der Waals surface area contributed by atoms with Crippen molar-refractivity contribution in [2.24, 2.45) is 0 Å². The average Bonchev–Trinajstić information content (AvgIpc) is 2.49. The smallest absolute Gasteiger partial charge is 0.130 e. The molecule has 0 fully saturated rings. The van der Waals surface area contributed by atoms with Crippen molar-refractivity contribution < 1.29 is 9.53 Å². The molecule has 2 aromatic rings. The molecule has 104 valence electrons. The highest BCUT2D eigenvalue weighted by atomic mass is 35.5. The van der Waals surface area contributed by atoms with E-state index < -0.39 is 5.41 Å². The molecule has 0 heterocycles. The first-order chi connectivity index (χ1) is 9.60. The molecule has 0 amide bonds. The van der Waals surface area contributed by atoms with E-state index in [1.807, 2.05) is 55.5 Å². The predicted molar refractivity (Wildman–Crippen MR) is 81.6 cm³/mol. The SMILES string of the molecule is COc1ccccc1C(C)(C=O)Cc1ccccc1Cl. The van der Waals surface area contributed by atoms with E-state index in [0.717, 1.165) is 17.4 Å². The Bertz CT molecular complexity index is 609. The Morgan fingerprint density at radius 2 is 1.80 bits per heavy atom. The second-order valence-electron chi connectivity index (χ2n) is 5.00. The first-order valence-electron chi connectivity index (χ1n) is 6.44. The van der Waals surface area contributed by atoms with Crippen molar-refractivity contribution in [3.8, 4) is 5.75 Å². The van der Waals surface area contributed by atoms with Crippen LogP contribution in [-0.2, 0) is 16.6 Å².